The summed E-state index contributed by atoms with van der Waals surface area (Å²) in [5.74, 6) is 0. The molecule has 1 rings (SSSR count). The molecule has 0 aromatic carbocycles. The number of allylic oxidation sites excluding steroid dienone is 3. The van der Waals surface area contributed by atoms with Gasteiger partial charge in [0, 0.05) is 5.70 Å². The first-order valence-corrected chi connectivity index (χ1v) is 3.52. The smallest absolute Gasteiger partial charge is 0.0636 e. The largest absolute Gasteiger partial charge is 0.280 e. The zero-order valence-electron chi connectivity index (χ0n) is 6.31. The number of nitrogens with one attached hydrogen (secondary N) is 1. The molecular formula is C8H13NO. The lowest BCUT2D eigenvalue weighted by Gasteiger charge is -2.03. The number of hydrogen-bond donors (Lipinski definition) is 1. The van der Waals surface area contributed by atoms with Crippen molar-refractivity contribution in [2.75, 3.05) is 7.11 Å². The van der Waals surface area contributed by atoms with Crippen LogP contribution in [0.3, 0.4) is 0 Å². The molecule has 0 atom stereocenters. The average molecular weight is 139 g/mol. The van der Waals surface area contributed by atoms with Gasteiger partial charge in [-0.15, -0.1) is 0 Å². The van der Waals surface area contributed by atoms with Crippen molar-refractivity contribution in [2.24, 2.45) is 0 Å². The van der Waals surface area contributed by atoms with Crippen LogP contribution in [0.4, 0.5) is 0 Å². The van der Waals surface area contributed by atoms with Gasteiger partial charge < -0.3 is 0 Å². The van der Waals surface area contributed by atoms with Gasteiger partial charge in [0.15, 0.2) is 0 Å². The SMILES string of the molecule is C=CC1=C(NOC)CCC1. The Bertz CT molecular complexity index is 161. The van der Waals surface area contributed by atoms with Crippen LogP contribution in [0.25, 0.3) is 0 Å². The minimum absolute atomic E-state index is 1.09. The van der Waals surface area contributed by atoms with Gasteiger partial charge in [-0.25, -0.2) is 0 Å². The zero-order chi connectivity index (χ0) is 7.40. The Kier molecular flexibility index (Phi) is 2.51. The minimum Gasteiger partial charge on any atom is -0.280 e. The van der Waals surface area contributed by atoms with Gasteiger partial charge in [0.1, 0.15) is 0 Å². The summed E-state index contributed by atoms with van der Waals surface area (Å²) in [5.41, 5.74) is 5.34. The number of rotatable bonds is 3. The minimum atomic E-state index is 1.09. The van der Waals surface area contributed by atoms with Crippen LogP contribution in [0, 0.1) is 0 Å². The van der Waals surface area contributed by atoms with Gasteiger partial charge in [0.05, 0.1) is 7.11 Å². The van der Waals surface area contributed by atoms with Crippen molar-refractivity contribution in [3.63, 3.8) is 0 Å². The molecule has 1 aliphatic carbocycles. The molecule has 0 unspecified atom stereocenters. The molecular weight excluding hydrogens is 126 g/mol. The molecule has 1 aliphatic rings. The van der Waals surface area contributed by atoms with Crippen molar-refractivity contribution >= 4 is 0 Å². The second kappa shape index (κ2) is 3.42. The van der Waals surface area contributed by atoms with Crippen LogP contribution < -0.4 is 5.48 Å². The normalized spacial score (nSPS) is 17.7. The third kappa shape index (κ3) is 1.39. The van der Waals surface area contributed by atoms with E-state index in [0.29, 0.717) is 0 Å². The molecule has 0 saturated heterocycles. The topological polar surface area (TPSA) is 21.3 Å². The Labute approximate surface area is 61.5 Å². The Morgan fingerprint density at radius 1 is 1.60 bits per heavy atom. The fourth-order valence-electron chi connectivity index (χ4n) is 1.23. The number of hydrogen-bond acceptors (Lipinski definition) is 2. The molecule has 0 fully saturated rings. The van der Waals surface area contributed by atoms with Crippen LogP contribution in [0.5, 0.6) is 0 Å². The van der Waals surface area contributed by atoms with E-state index in [1.807, 2.05) is 6.08 Å². The van der Waals surface area contributed by atoms with Crippen LogP contribution >= 0.6 is 0 Å². The summed E-state index contributed by atoms with van der Waals surface area (Å²) in [7, 11) is 1.63. The first-order chi connectivity index (χ1) is 4.88. The van der Waals surface area contributed by atoms with Gasteiger partial charge in [-0.2, -0.15) is 0 Å². The summed E-state index contributed by atoms with van der Waals surface area (Å²) in [6, 6.07) is 0. The van der Waals surface area contributed by atoms with E-state index in [0.717, 1.165) is 12.8 Å². The van der Waals surface area contributed by atoms with E-state index in [1.54, 1.807) is 7.11 Å². The highest BCUT2D eigenvalue weighted by Gasteiger charge is 2.10. The summed E-state index contributed by atoms with van der Waals surface area (Å²) < 4.78 is 0. The van der Waals surface area contributed by atoms with Crippen molar-refractivity contribution in [3.8, 4) is 0 Å². The van der Waals surface area contributed by atoms with Crippen LogP contribution in [0.15, 0.2) is 23.9 Å². The summed E-state index contributed by atoms with van der Waals surface area (Å²) in [6.07, 6.45) is 5.34. The molecule has 0 saturated carbocycles. The summed E-state index contributed by atoms with van der Waals surface area (Å²) in [5, 5.41) is 0. The fraction of sp³-hybridized carbons (Fsp3) is 0.500. The summed E-state index contributed by atoms with van der Waals surface area (Å²) in [4.78, 5) is 4.80. The molecule has 0 aromatic heterocycles. The third-order valence-corrected chi connectivity index (χ3v) is 1.73. The first-order valence-electron chi connectivity index (χ1n) is 3.52. The maximum atomic E-state index is 4.80. The number of hydroxylamine groups is 1. The van der Waals surface area contributed by atoms with Crippen molar-refractivity contribution in [3.05, 3.63) is 23.9 Å². The predicted molar refractivity (Wildman–Crippen MR) is 41.2 cm³/mol. The molecule has 0 aromatic rings. The molecule has 2 heteroatoms. The zero-order valence-corrected chi connectivity index (χ0v) is 6.31. The molecule has 2 nitrogen and oxygen atoms in total. The molecule has 0 radical (unpaired) electrons. The van der Waals surface area contributed by atoms with Crippen LogP contribution in [-0.2, 0) is 4.84 Å². The molecule has 0 amide bonds. The quantitative estimate of drug-likeness (QED) is 0.601. The maximum Gasteiger partial charge on any atom is 0.0636 e. The van der Waals surface area contributed by atoms with E-state index in [4.69, 9.17) is 4.84 Å². The maximum absolute atomic E-state index is 4.80. The average Bonchev–Trinajstić information content (AvgIpc) is 2.36. The molecule has 56 valence electrons. The van der Waals surface area contributed by atoms with Gasteiger partial charge in [0.2, 0.25) is 0 Å². The standard InChI is InChI=1S/C8H13NO/c1-3-7-5-4-6-8(7)9-10-2/h3,9H,1,4-6H2,2H3. The van der Waals surface area contributed by atoms with Gasteiger partial charge >= 0.3 is 0 Å². The lowest BCUT2D eigenvalue weighted by molar-refractivity contribution is 0.115. The van der Waals surface area contributed by atoms with E-state index in [2.05, 4.69) is 12.1 Å². The van der Waals surface area contributed by atoms with E-state index in [-0.39, 0.29) is 0 Å². The van der Waals surface area contributed by atoms with Gasteiger partial charge in [0.25, 0.3) is 0 Å². The van der Waals surface area contributed by atoms with Crippen molar-refractivity contribution < 1.29 is 4.84 Å². The molecule has 0 aliphatic heterocycles. The monoisotopic (exact) mass is 139 g/mol. The first kappa shape index (κ1) is 7.35. The lowest BCUT2D eigenvalue weighted by Crippen LogP contribution is -2.10. The van der Waals surface area contributed by atoms with E-state index in [1.165, 1.54) is 17.7 Å². The highest BCUT2D eigenvalue weighted by molar-refractivity contribution is 5.26. The van der Waals surface area contributed by atoms with Gasteiger partial charge in [-0.1, -0.05) is 12.7 Å². The highest BCUT2D eigenvalue weighted by Crippen LogP contribution is 2.24. The molecule has 0 heterocycles. The van der Waals surface area contributed by atoms with Crippen molar-refractivity contribution in [1.29, 1.82) is 0 Å². The Morgan fingerprint density at radius 2 is 2.40 bits per heavy atom. The van der Waals surface area contributed by atoms with E-state index >= 15 is 0 Å². The highest BCUT2D eigenvalue weighted by atomic mass is 16.6. The van der Waals surface area contributed by atoms with E-state index < -0.39 is 0 Å². The van der Waals surface area contributed by atoms with Crippen molar-refractivity contribution in [1.82, 2.24) is 5.48 Å². The van der Waals surface area contributed by atoms with Crippen LogP contribution in [0.1, 0.15) is 19.3 Å². The fourth-order valence-corrected chi connectivity index (χ4v) is 1.23. The molecule has 10 heavy (non-hydrogen) atoms. The second-order valence-electron chi connectivity index (χ2n) is 2.37. The van der Waals surface area contributed by atoms with Gasteiger partial charge in [-0.3, -0.25) is 10.3 Å². The molecule has 0 spiro atoms. The third-order valence-electron chi connectivity index (χ3n) is 1.73. The molecule has 1 N–H and O–H groups in total. The van der Waals surface area contributed by atoms with Crippen molar-refractivity contribution in [2.45, 2.75) is 19.3 Å². The van der Waals surface area contributed by atoms with E-state index in [9.17, 15) is 0 Å². The summed E-state index contributed by atoms with van der Waals surface area (Å²) >= 11 is 0. The Morgan fingerprint density at radius 3 is 3.00 bits per heavy atom. The van der Waals surface area contributed by atoms with Crippen LogP contribution in [-0.4, -0.2) is 7.11 Å². The lowest BCUT2D eigenvalue weighted by atomic mass is 10.2. The van der Waals surface area contributed by atoms with Gasteiger partial charge in [-0.05, 0) is 24.8 Å². The van der Waals surface area contributed by atoms with Crippen LogP contribution in [0.2, 0.25) is 0 Å². The second-order valence-corrected chi connectivity index (χ2v) is 2.37. The molecule has 0 bridgehead atoms. The Balaban J connectivity index is 2.58. The predicted octanol–water partition coefficient (Wildman–Crippen LogP) is 1.76. The Hall–Kier alpha value is -0.760. The summed E-state index contributed by atoms with van der Waals surface area (Å²) in [6.45, 7) is 3.72.